The van der Waals surface area contributed by atoms with E-state index in [4.69, 9.17) is 10.2 Å². The van der Waals surface area contributed by atoms with Gasteiger partial charge in [-0.15, -0.1) is 0 Å². The predicted molar refractivity (Wildman–Crippen MR) is 50.3 cm³/mol. The SMILES string of the molecule is [CH2]CNS(=O)(=O)c1ccc(O)c(O)c1. The van der Waals surface area contributed by atoms with Crippen molar-refractivity contribution in [2.45, 2.75) is 4.90 Å². The lowest BCUT2D eigenvalue weighted by atomic mass is 10.3. The second-order valence-corrected chi connectivity index (χ2v) is 4.32. The molecule has 0 atom stereocenters. The van der Waals surface area contributed by atoms with Gasteiger partial charge >= 0.3 is 0 Å². The number of aromatic hydroxyl groups is 2. The van der Waals surface area contributed by atoms with E-state index in [0.717, 1.165) is 12.1 Å². The van der Waals surface area contributed by atoms with Gasteiger partial charge in [-0.1, -0.05) is 0 Å². The zero-order valence-corrected chi connectivity index (χ0v) is 8.08. The number of hydrogen-bond donors (Lipinski definition) is 3. The molecule has 1 aromatic carbocycles. The Morgan fingerprint density at radius 3 is 2.43 bits per heavy atom. The van der Waals surface area contributed by atoms with Crippen LogP contribution in [0.4, 0.5) is 0 Å². The largest absolute Gasteiger partial charge is 0.504 e. The van der Waals surface area contributed by atoms with Gasteiger partial charge in [-0.2, -0.15) is 0 Å². The number of rotatable bonds is 3. The van der Waals surface area contributed by atoms with Crippen molar-refractivity contribution >= 4 is 10.0 Å². The second kappa shape index (κ2) is 3.85. The van der Waals surface area contributed by atoms with Crippen LogP contribution < -0.4 is 4.72 Å². The van der Waals surface area contributed by atoms with Crippen LogP contribution in [0.25, 0.3) is 0 Å². The highest BCUT2D eigenvalue weighted by Gasteiger charge is 2.14. The van der Waals surface area contributed by atoms with Gasteiger partial charge in [0.25, 0.3) is 0 Å². The summed E-state index contributed by atoms with van der Waals surface area (Å²) in [4.78, 5) is -0.114. The molecular weight excluding hydrogens is 206 g/mol. The average Bonchev–Trinajstić information content (AvgIpc) is 2.09. The van der Waals surface area contributed by atoms with Crippen molar-refractivity contribution in [2.24, 2.45) is 0 Å². The van der Waals surface area contributed by atoms with Gasteiger partial charge in [0.2, 0.25) is 10.0 Å². The minimum atomic E-state index is -3.63. The molecule has 0 saturated heterocycles. The summed E-state index contributed by atoms with van der Waals surface area (Å²) in [5.41, 5.74) is 0. The summed E-state index contributed by atoms with van der Waals surface area (Å²) < 4.78 is 24.9. The van der Waals surface area contributed by atoms with E-state index in [-0.39, 0.29) is 17.2 Å². The molecule has 1 rings (SSSR count). The van der Waals surface area contributed by atoms with Crippen LogP contribution in [0.3, 0.4) is 0 Å². The van der Waals surface area contributed by atoms with E-state index in [1.807, 2.05) is 0 Å². The maximum atomic E-state index is 11.4. The summed E-state index contributed by atoms with van der Waals surface area (Å²) in [6.45, 7) is 3.35. The molecule has 14 heavy (non-hydrogen) atoms. The molecule has 0 heterocycles. The molecule has 1 aromatic rings. The Morgan fingerprint density at radius 1 is 1.29 bits per heavy atom. The molecule has 6 heteroatoms. The van der Waals surface area contributed by atoms with Gasteiger partial charge in [0.05, 0.1) is 4.90 Å². The Bertz CT molecular complexity index is 427. The Labute approximate surface area is 82.1 Å². The fourth-order valence-electron chi connectivity index (χ4n) is 0.888. The molecule has 0 unspecified atom stereocenters. The fourth-order valence-corrected chi connectivity index (χ4v) is 1.84. The second-order valence-electron chi connectivity index (χ2n) is 2.55. The standard InChI is InChI=1S/C8H10NO4S/c1-2-9-14(12,13)6-3-4-7(10)8(11)5-6/h3-5,9-11H,1-2H2. The first-order valence-electron chi connectivity index (χ1n) is 3.78. The van der Waals surface area contributed by atoms with Crippen molar-refractivity contribution in [3.8, 4) is 11.5 Å². The molecule has 0 aliphatic heterocycles. The lowest BCUT2D eigenvalue weighted by Crippen LogP contribution is -2.23. The molecule has 0 aliphatic rings. The van der Waals surface area contributed by atoms with E-state index in [0.29, 0.717) is 0 Å². The average molecular weight is 216 g/mol. The van der Waals surface area contributed by atoms with Crippen molar-refractivity contribution in [1.82, 2.24) is 4.72 Å². The Morgan fingerprint density at radius 2 is 1.93 bits per heavy atom. The summed E-state index contributed by atoms with van der Waals surface area (Å²) >= 11 is 0. The van der Waals surface area contributed by atoms with Gasteiger partial charge in [0.1, 0.15) is 0 Å². The first-order valence-corrected chi connectivity index (χ1v) is 5.26. The van der Waals surface area contributed by atoms with Crippen molar-refractivity contribution in [2.75, 3.05) is 6.54 Å². The Balaban J connectivity index is 3.15. The molecule has 0 saturated carbocycles. The molecule has 0 fully saturated rings. The highest BCUT2D eigenvalue weighted by Crippen LogP contribution is 2.26. The normalized spacial score (nSPS) is 11.5. The van der Waals surface area contributed by atoms with E-state index in [1.54, 1.807) is 0 Å². The number of nitrogens with one attached hydrogen (secondary N) is 1. The molecular formula is C8H10NO4S. The molecule has 0 aliphatic carbocycles. The zero-order chi connectivity index (χ0) is 10.8. The van der Waals surface area contributed by atoms with Gasteiger partial charge < -0.3 is 10.2 Å². The Hall–Kier alpha value is -1.27. The monoisotopic (exact) mass is 216 g/mol. The van der Waals surface area contributed by atoms with Crippen LogP contribution in [0.15, 0.2) is 23.1 Å². The summed E-state index contributed by atoms with van der Waals surface area (Å²) in [7, 11) is -3.63. The fraction of sp³-hybridized carbons (Fsp3) is 0.125. The lowest BCUT2D eigenvalue weighted by molar-refractivity contribution is 0.402. The first kappa shape index (κ1) is 10.8. The van der Waals surface area contributed by atoms with Crippen LogP contribution in [0.1, 0.15) is 0 Å². The number of phenolic OH excluding ortho intramolecular Hbond substituents is 2. The van der Waals surface area contributed by atoms with Gasteiger partial charge in [-0.25, -0.2) is 13.1 Å². The zero-order valence-electron chi connectivity index (χ0n) is 7.27. The van der Waals surface area contributed by atoms with Gasteiger partial charge in [-0.05, 0) is 19.1 Å². The minimum Gasteiger partial charge on any atom is -0.504 e. The molecule has 77 valence electrons. The number of hydrogen-bond acceptors (Lipinski definition) is 4. The van der Waals surface area contributed by atoms with Crippen LogP contribution in [0.5, 0.6) is 11.5 Å². The third-order valence-corrected chi connectivity index (χ3v) is 3.01. The molecule has 0 aromatic heterocycles. The van der Waals surface area contributed by atoms with Gasteiger partial charge in [-0.3, -0.25) is 0 Å². The molecule has 0 bridgehead atoms. The predicted octanol–water partition coefficient (Wildman–Crippen LogP) is 0.210. The summed E-state index contributed by atoms with van der Waals surface area (Å²) in [6, 6.07) is 3.26. The highest BCUT2D eigenvalue weighted by molar-refractivity contribution is 7.89. The third kappa shape index (κ3) is 2.15. The maximum Gasteiger partial charge on any atom is 0.240 e. The topological polar surface area (TPSA) is 86.6 Å². The van der Waals surface area contributed by atoms with Crippen LogP contribution in [-0.4, -0.2) is 25.2 Å². The molecule has 1 radical (unpaired) electrons. The van der Waals surface area contributed by atoms with E-state index < -0.39 is 15.8 Å². The molecule has 3 N–H and O–H groups in total. The van der Waals surface area contributed by atoms with Crippen molar-refractivity contribution in [3.05, 3.63) is 25.1 Å². The first-order chi connectivity index (χ1) is 6.47. The highest BCUT2D eigenvalue weighted by atomic mass is 32.2. The smallest absolute Gasteiger partial charge is 0.240 e. The third-order valence-electron chi connectivity index (χ3n) is 1.55. The summed E-state index contributed by atoms with van der Waals surface area (Å²) in [6.07, 6.45) is 0. The van der Waals surface area contributed by atoms with Crippen LogP contribution in [-0.2, 0) is 10.0 Å². The Kier molecular flexibility index (Phi) is 2.97. The molecule has 5 nitrogen and oxygen atoms in total. The van der Waals surface area contributed by atoms with Crippen LogP contribution in [0.2, 0.25) is 0 Å². The number of phenols is 2. The number of sulfonamides is 1. The quantitative estimate of drug-likeness (QED) is 0.630. The number of benzene rings is 1. The van der Waals surface area contributed by atoms with Crippen molar-refractivity contribution in [1.29, 1.82) is 0 Å². The van der Waals surface area contributed by atoms with E-state index in [9.17, 15) is 8.42 Å². The van der Waals surface area contributed by atoms with Crippen molar-refractivity contribution in [3.63, 3.8) is 0 Å². The lowest BCUT2D eigenvalue weighted by Gasteiger charge is -2.05. The van der Waals surface area contributed by atoms with Crippen LogP contribution >= 0.6 is 0 Å². The summed E-state index contributed by atoms with van der Waals surface area (Å²) in [5.74, 6) is -0.837. The van der Waals surface area contributed by atoms with Gasteiger partial charge in [0.15, 0.2) is 11.5 Å². The summed E-state index contributed by atoms with van der Waals surface area (Å²) in [5, 5.41) is 18.0. The van der Waals surface area contributed by atoms with Crippen LogP contribution in [0, 0.1) is 6.92 Å². The van der Waals surface area contributed by atoms with E-state index >= 15 is 0 Å². The molecule has 0 amide bonds. The maximum absolute atomic E-state index is 11.4. The minimum absolute atomic E-state index is 0.0178. The van der Waals surface area contributed by atoms with Gasteiger partial charge in [0, 0.05) is 12.6 Å². The van der Waals surface area contributed by atoms with E-state index in [2.05, 4.69) is 11.6 Å². The molecule has 0 spiro atoms. The van der Waals surface area contributed by atoms with Crippen molar-refractivity contribution < 1.29 is 18.6 Å². The van der Waals surface area contributed by atoms with E-state index in [1.165, 1.54) is 6.07 Å².